The highest BCUT2D eigenvalue weighted by Gasteiger charge is 2.30. The number of halogens is 6. The highest BCUT2D eigenvalue weighted by Crippen LogP contribution is 2.30. The van der Waals surface area contributed by atoms with Gasteiger partial charge in [-0.2, -0.15) is 26.3 Å². The van der Waals surface area contributed by atoms with Crippen LogP contribution in [0.1, 0.15) is 22.3 Å². The minimum Gasteiger partial charge on any atom is -0.444 e. The van der Waals surface area contributed by atoms with Gasteiger partial charge in [0.25, 0.3) is 0 Å². The van der Waals surface area contributed by atoms with Crippen molar-refractivity contribution in [3.05, 3.63) is 101 Å². The summed E-state index contributed by atoms with van der Waals surface area (Å²) in [6.07, 6.45) is -7.60. The minimum atomic E-state index is -4.38. The molecule has 0 aliphatic heterocycles. The largest absolute Gasteiger partial charge is 0.444 e. The van der Waals surface area contributed by atoms with Crippen LogP contribution in [0, 0.1) is 0 Å². The van der Waals surface area contributed by atoms with Crippen molar-refractivity contribution in [2.24, 2.45) is 0 Å². The summed E-state index contributed by atoms with van der Waals surface area (Å²) in [5.41, 5.74) is 0.970. The Morgan fingerprint density at radius 2 is 1.36 bits per heavy atom. The monoisotopic (exact) mass is 510 g/mol. The Balaban J connectivity index is 0.000000253. The molecule has 0 unspecified atom stereocenters. The number of fused-ring (bicyclic) bond motifs is 1. The maximum absolute atomic E-state index is 12.5. The Labute approximate surface area is 201 Å². The number of carbonyl (C=O) groups is 1. The van der Waals surface area contributed by atoms with Crippen LogP contribution in [-0.2, 0) is 30.3 Å². The first-order valence-electron chi connectivity index (χ1n) is 10.4. The van der Waals surface area contributed by atoms with E-state index < -0.39 is 29.6 Å². The number of rotatable bonds is 4. The van der Waals surface area contributed by atoms with Crippen molar-refractivity contribution in [3.8, 4) is 0 Å². The third-order valence-electron chi connectivity index (χ3n) is 4.95. The highest BCUT2D eigenvalue weighted by atomic mass is 19.4. The number of aliphatic hydroxyl groups is 1. The van der Waals surface area contributed by atoms with Gasteiger partial charge in [0.1, 0.15) is 6.61 Å². The van der Waals surface area contributed by atoms with E-state index in [9.17, 15) is 31.1 Å². The van der Waals surface area contributed by atoms with Crippen LogP contribution in [0.2, 0.25) is 0 Å². The molecule has 0 bridgehead atoms. The molecule has 4 aromatic rings. The third-order valence-corrected chi connectivity index (χ3v) is 4.95. The van der Waals surface area contributed by atoms with E-state index in [0.29, 0.717) is 16.8 Å². The van der Waals surface area contributed by atoms with Gasteiger partial charge in [-0.05, 0) is 53.6 Å². The van der Waals surface area contributed by atoms with Crippen molar-refractivity contribution in [3.63, 3.8) is 0 Å². The quantitative estimate of drug-likeness (QED) is 0.256. The summed E-state index contributed by atoms with van der Waals surface area (Å²) >= 11 is 0. The first-order chi connectivity index (χ1) is 17.0. The lowest BCUT2D eigenvalue weighted by Gasteiger charge is -2.09. The maximum atomic E-state index is 12.5. The lowest BCUT2D eigenvalue weighted by Crippen LogP contribution is -2.13. The molecule has 5 nitrogen and oxygen atoms in total. The van der Waals surface area contributed by atoms with E-state index in [1.54, 1.807) is 18.3 Å². The summed E-state index contributed by atoms with van der Waals surface area (Å²) in [5.74, 6) is 0. The smallest absolute Gasteiger partial charge is 0.416 e. The van der Waals surface area contributed by atoms with Crippen LogP contribution < -0.4 is 5.32 Å². The Morgan fingerprint density at radius 3 is 1.89 bits per heavy atom. The van der Waals surface area contributed by atoms with E-state index >= 15 is 0 Å². The number of anilines is 1. The summed E-state index contributed by atoms with van der Waals surface area (Å²) in [4.78, 5) is 14.9. The van der Waals surface area contributed by atoms with Gasteiger partial charge in [0.2, 0.25) is 0 Å². The fourth-order valence-electron chi connectivity index (χ4n) is 3.08. The molecular weight excluding hydrogens is 490 g/mol. The number of aromatic nitrogens is 1. The van der Waals surface area contributed by atoms with Crippen molar-refractivity contribution in [2.75, 3.05) is 5.32 Å². The average molecular weight is 510 g/mol. The van der Waals surface area contributed by atoms with Crippen LogP contribution in [0.5, 0.6) is 0 Å². The van der Waals surface area contributed by atoms with Crippen LogP contribution in [0.15, 0.2) is 79.0 Å². The molecule has 0 radical (unpaired) electrons. The zero-order chi connectivity index (χ0) is 26.3. The number of hydrogen-bond donors (Lipinski definition) is 3. The summed E-state index contributed by atoms with van der Waals surface area (Å²) in [6, 6.07) is 16.1. The van der Waals surface area contributed by atoms with Gasteiger partial charge >= 0.3 is 18.4 Å². The molecule has 0 atom stereocenters. The van der Waals surface area contributed by atoms with E-state index in [-0.39, 0.29) is 13.2 Å². The molecule has 0 spiro atoms. The summed E-state index contributed by atoms with van der Waals surface area (Å²) in [7, 11) is 0. The number of carbonyl (C=O) groups excluding carboxylic acids is 1. The van der Waals surface area contributed by atoms with Gasteiger partial charge in [0, 0.05) is 17.1 Å². The van der Waals surface area contributed by atoms with E-state index in [1.165, 1.54) is 24.3 Å². The van der Waals surface area contributed by atoms with Gasteiger partial charge in [0.15, 0.2) is 0 Å². The molecule has 0 saturated heterocycles. The first-order valence-corrected chi connectivity index (χ1v) is 10.4. The van der Waals surface area contributed by atoms with Gasteiger partial charge in [-0.25, -0.2) is 4.79 Å². The predicted molar refractivity (Wildman–Crippen MR) is 121 cm³/mol. The van der Waals surface area contributed by atoms with Crippen molar-refractivity contribution in [2.45, 2.75) is 25.6 Å². The molecule has 1 aromatic heterocycles. The van der Waals surface area contributed by atoms with E-state index in [1.807, 2.05) is 12.1 Å². The van der Waals surface area contributed by atoms with Crippen LogP contribution in [-0.4, -0.2) is 16.2 Å². The fraction of sp³-hybridized carbons (Fsp3) is 0.160. The second-order valence-corrected chi connectivity index (χ2v) is 7.49. The molecule has 0 saturated carbocycles. The molecule has 0 aliphatic carbocycles. The summed E-state index contributed by atoms with van der Waals surface area (Å²) < 4.78 is 78.4. The molecule has 3 aromatic carbocycles. The maximum Gasteiger partial charge on any atom is 0.416 e. The molecule has 1 heterocycles. The zero-order valence-corrected chi connectivity index (χ0v) is 18.5. The molecule has 0 aliphatic rings. The van der Waals surface area contributed by atoms with Crippen LogP contribution >= 0.6 is 0 Å². The molecule has 36 heavy (non-hydrogen) atoms. The van der Waals surface area contributed by atoms with Gasteiger partial charge < -0.3 is 14.8 Å². The zero-order valence-electron chi connectivity index (χ0n) is 18.5. The van der Waals surface area contributed by atoms with Crippen molar-refractivity contribution < 1.29 is 41.0 Å². The number of aliphatic hydroxyl groups excluding tert-OH is 1. The third kappa shape index (κ3) is 7.25. The summed E-state index contributed by atoms with van der Waals surface area (Å²) in [5, 5.41) is 12.0. The van der Waals surface area contributed by atoms with Crippen LogP contribution in [0.4, 0.5) is 36.8 Å². The van der Waals surface area contributed by atoms with E-state index in [4.69, 9.17) is 9.84 Å². The number of nitrogens with one attached hydrogen (secondary N) is 2. The van der Waals surface area contributed by atoms with E-state index in [0.717, 1.165) is 35.2 Å². The minimum absolute atomic E-state index is 0.118. The van der Waals surface area contributed by atoms with Crippen LogP contribution in [0.25, 0.3) is 10.9 Å². The number of hydrogen-bond acceptors (Lipinski definition) is 3. The second kappa shape index (κ2) is 11.2. The summed E-state index contributed by atoms with van der Waals surface area (Å²) in [6.45, 7) is -0.356. The number of H-pyrrole nitrogens is 1. The Kier molecular flexibility index (Phi) is 8.25. The molecule has 190 valence electrons. The topological polar surface area (TPSA) is 74.4 Å². The molecule has 11 heteroatoms. The fourth-order valence-corrected chi connectivity index (χ4v) is 3.08. The van der Waals surface area contributed by atoms with E-state index in [2.05, 4.69) is 10.3 Å². The lowest BCUT2D eigenvalue weighted by atomic mass is 10.1. The highest BCUT2D eigenvalue weighted by molar-refractivity contribution is 5.98. The Morgan fingerprint density at radius 1 is 0.806 bits per heavy atom. The lowest BCUT2D eigenvalue weighted by molar-refractivity contribution is -0.138. The van der Waals surface area contributed by atoms with Gasteiger partial charge in [0.05, 0.1) is 23.4 Å². The Hall–Kier alpha value is -3.99. The van der Waals surface area contributed by atoms with Gasteiger partial charge in [-0.3, -0.25) is 5.32 Å². The number of ether oxygens (including phenoxy) is 1. The molecule has 3 N–H and O–H groups in total. The normalized spacial score (nSPS) is 11.5. The Bertz CT molecular complexity index is 1280. The van der Waals surface area contributed by atoms with Crippen LogP contribution in [0.3, 0.4) is 0 Å². The van der Waals surface area contributed by atoms with Gasteiger partial charge in [-0.1, -0.05) is 30.3 Å². The number of amides is 1. The SMILES string of the molecule is O=C(Nc1cccc2[nH]ccc12)OCc1ccc(C(F)(F)F)cc1.OCc1ccc(C(F)(F)F)cc1. The van der Waals surface area contributed by atoms with Crippen molar-refractivity contribution in [1.82, 2.24) is 4.98 Å². The van der Waals surface area contributed by atoms with Crippen molar-refractivity contribution in [1.29, 1.82) is 0 Å². The average Bonchev–Trinajstić information content (AvgIpc) is 3.32. The predicted octanol–water partition coefficient (Wildman–Crippen LogP) is 7.13. The first kappa shape index (κ1) is 26.6. The second-order valence-electron chi connectivity index (χ2n) is 7.49. The van der Waals surface area contributed by atoms with Gasteiger partial charge in [-0.15, -0.1) is 0 Å². The number of alkyl halides is 6. The molecule has 0 fully saturated rings. The van der Waals surface area contributed by atoms with Crippen molar-refractivity contribution >= 4 is 22.7 Å². The molecule has 4 rings (SSSR count). The molecule has 1 amide bonds. The molecular formula is C25H20F6N2O3. The number of aromatic amines is 1. The number of benzene rings is 3. The standard InChI is InChI=1S/C17H13F3N2O2.C8H7F3O/c18-17(19,20)12-6-4-11(5-7-12)10-24-16(23)22-15-3-1-2-14-13(15)8-9-21-14;9-8(10,11)7-3-1-6(5-12)2-4-7/h1-9,21H,10H2,(H,22,23);1-4,12H,5H2.